The first-order chi connectivity index (χ1) is 10.8. The summed E-state index contributed by atoms with van der Waals surface area (Å²) in [4.78, 5) is 19.6. The fourth-order valence-electron chi connectivity index (χ4n) is 2.53. The summed E-state index contributed by atoms with van der Waals surface area (Å²) >= 11 is 0. The summed E-state index contributed by atoms with van der Waals surface area (Å²) in [6, 6.07) is 6.11. The zero-order chi connectivity index (χ0) is 17.0. The molecule has 5 nitrogen and oxygen atoms in total. The molecular formula is C18H28N2O3. The number of hydrogen-bond acceptors (Lipinski definition) is 4. The van der Waals surface area contributed by atoms with Crippen LogP contribution in [-0.2, 0) is 22.5 Å². The standard InChI is InChI=1S/C18H28N2O3/c1-13(2)12-22-19-11-15-8-6-7-14-9-10-20(16(14)15)17(21)23-18(3,4)5/h6-8,13,19H,9-12H2,1-5H3. The first-order valence-electron chi connectivity index (χ1n) is 8.24. The Morgan fingerprint density at radius 3 is 2.74 bits per heavy atom. The second-order valence-electron chi connectivity index (χ2n) is 7.33. The fraction of sp³-hybridized carbons (Fsp3) is 0.611. The van der Waals surface area contributed by atoms with Gasteiger partial charge in [0.25, 0.3) is 0 Å². The van der Waals surface area contributed by atoms with Crippen molar-refractivity contribution in [2.45, 2.75) is 53.2 Å². The van der Waals surface area contributed by atoms with E-state index in [0.29, 0.717) is 25.6 Å². The van der Waals surface area contributed by atoms with E-state index in [1.165, 1.54) is 5.56 Å². The number of carbonyl (C=O) groups excluding carboxylic acids is 1. The van der Waals surface area contributed by atoms with E-state index < -0.39 is 5.60 Å². The van der Waals surface area contributed by atoms with Crippen LogP contribution in [0.2, 0.25) is 0 Å². The van der Waals surface area contributed by atoms with Crippen molar-refractivity contribution < 1.29 is 14.4 Å². The van der Waals surface area contributed by atoms with E-state index in [1.807, 2.05) is 32.9 Å². The molecule has 1 aliphatic heterocycles. The molecule has 0 aliphatic carbocycles. The van der Waals surface area contributed by atoms with Crippen molar-refractivity contribution in [2.24, 2.45) is 5.92 Å². The lowest BCUT2D eigenvalue weighted by Crippen LogP contribution is -2.36. The van der Waals surface area contributed by atoms with Crippen LogP contribution in [0.5, 0.6) is 0 Å². The van der Waals surface area contributed by atoms with Crippen molar-refractivity contribution in [3.63, 3.8) is 0 Å². The van der Waals surface area contributed by atoms with Gasteiger partial charge in [0.15, 0.2) is 0 Å². The van der Waals surface area contributed by atoms with Crippen molar-refractivity contribution >= 4 is 11.8 Å². The lowest BCUT2D eigenvalue weighted by atomic mass is 10.1. The molecule has 1 N–H and O–H groups in total. The number of amides is 1. The maximum Gasteiger partial charge on any atom is 0.414 e. The van der Waals surface area contributed by atoms with Gasteiger partial charge in [-0.1, -0.05) is 32.0 Å². The van der Waals surface area contributed by atoms with Gasteiger partial charge in [0.1, 0.15) is 5.60 Å². The van der Waals surface area contributed by atoms with E-state index in [1.54, 1.807) is 4.90 Å². The first-order valence-corrected chi connectivity index (χ1v) is 8.24. The quantitative estimate of drug-likeness (QED) is 0.664. The minimum Gasteiger partial charge on any atom is -0.443 e. The number of benzene rings is 1. The van der Waals surface area contributed by atoms with Crippen LogP contribution >= 0.6 is 0 Å². The van der Waals surface area contributed by atoms with Crippen LogP contribution < -0.4 is 10.4 Å². The van der Waals surface area contributed by atoms with Crippen LogP contribution in [0.3, 0.4) is 0 Å². The van der Waals surface area contributed by atoms with Crippen LogP contribution in [0.15, 0.2) is 18.2 Å². The summed E-state index contributed by atoms with van der Waals surface area (Å²) < 4.78 is 5.53. The van der Waals surface area contributed by atoms with Crippen LogP contribution in [0.4, 0.5) is 10.5 Å². The number of hydroxylamine groups is 1. The average Bonchev–Trinajstić information content (AvgIpc) is 2.86. The number of anilines is 1. The van der Waals surface area contributed by atoms with Crippen molar-refractivity contribution in [1.29, 1.82) is 0 Å². The highest BCUT2D eigenvalue weighted by atomic mass is 16.6. The minimum atomic E-state index is -0.493. The number of rotatable bonds is 5. The van der Waals surface area contributed by atoms with E-state index in [9.17, 15) is 4.79 Å². The van der Waals surface area contributed by atoms with Crippen LogP contribution in [-0.4, -0.2) is 24.8 Å². The minimum absolute atomic E-state index is 0.285. The molecule has 1 aromatic carbocycles. The molecule has 23 heavy (non-hydrogen) atoms. The molecule has 128 valence electrons. The van der Waals surface area contributed by atoms with Gasteiger partial charge in [-0.2, -0.15) is 5.48 Å². The highest BCUT2D eigenvalue weighted by Crippen LogP contribution is 2.33. The molecule has 5 heteroatoms. The van der Waals surface area contributed by atoms with Gasteiger partial charge in [-0.3, -0.25) is 4.90 Å². The molecule has 0 spiro atoms. The Bertz CT molecular complexity index is 550. The maximum absolute atomic E-state index is 12.4. The molecule has 0 unspecified atom stereocenters. The molecule has 0 radical (unpaired) electrons. The van der Waals surface area contributed by atoms with E-state index >= 15 is 0 Å². The number of hydrogen-bond donors (Lipinski definition) is 1. The highest BCUT2D eigenvalue weighted by molar-refractivity contribution is 5.91. The van der Waals surface area contributed by atoms with Crippen molar-refractivity contribution in [3.8, 4) is 0 Å². The summed E-state index contributed by atoms with van der Waals surface area (Å²) in [5.41, 5.74) is 5.69. The Morgan fingerprint density at radius 1 is 1.35 bits per heavy atom. The molecule has 1 aromatic rings. The number of carbonyl (C=O) groups is 1. The summed E-state index contributed by atoms with van der Waals surface area (Å²) in [6.07, 6.45) is 0.571. The monoisotopic (exact) mass is 320 g/mol. The molecule has 1 amide bonds. The van der Waals surface area contributed by atoms with Crippen LogP contribution in [0.1, 0.15) is 45.7 Å². The van der Waals surface area contributed by atoms with Crippen molar-refractivity contribution in [3.05, 3.63) is 29.3 Å². The Labute approximate surface area is 138 Å². The van der Waals surface area contributed by atoms with Crippen LogP contribution in [0.25, 0.3) is 0 Å². The lowest BCUT2D eigenvalue weighted by Gasteiger charge is -2.26. The third kappa shape index (κ3) is 4.94. The first kappa shape index (κ1) is 17.8. The summed E-state index contributed by atoms with van der Waals surface area (Å²) in [5.74, 6) is 0.474. The van der Waals surface area contributed by atoms with E-state index in [4.69, 9.17) is 9.57 Å². The van der Waals surface area contributed by atoms with Crippen LogP contribution in [0, 0.1) is 5.92 Å². The van der Waals surface area contributed by atoms with E-state index in [0.717, 1.165) is 17.7 Å². The molecule has 0 bridgehead atoms. The molecule has 0 saturated heterocycles. The molecular weight excluding hydrogens is 292 g/mol. The van der Waals surface area contributed by atoms with Gasteiger partial charge in [0.2, 0.25) is 0 Å². The maximum atomic E-state index is 12.4. The number of nitrogens with zero attached hydrogens (tertiary/aromatic N) is 1. The second-order valence-corrected chi connectivity index (χ2v) is 7.33. The summed E-state index contributed by atoms with van der Waals surface area (Å²) in [7, 11) is 0. The Hall–Kier alpha value is -1.59. The molecule has 0 saturated carbocycles. The summed E-state index contributed by atoms with van der Waals surface area (Å²) in [6.45, 7) is 11.7. The highest BCUT2D eigenvalue weighted by Gasteiger charge is 2.30. The molecule has 0 atom stereocenters. The third-order valence-corrected chi connectivity index (χ3v) is 3.47. The topological polar surface area (TPSA) is 50.8 Å². The smallest absolute Gasteiger partial charge is 0.414 e. The van der Waals surface area contributed by atoms with Gasteiger partial charge in [0, 0.05) is 13.1 Å². The van der Waals surface area contributed by atoms with E-state index in [2.05, 4.69) is 25.4 Å². The number of nitrogens with one attached hydrogen (secondary N) is 1. The molecule has 0 aromatic heterocycles. The Balaban J connectivity index is 2.09. The van der Waals surface area contributed by atoms with Crippen molar-refractivity contribution in [2.75, 3.05) is 18.1 Å². The normalized spacial score (nSPS) is 14.3. The molecule has 1 aliphatic rings. The Morgan fingerprint density at radius 2 is 2.09 bits per heavy atom. The number of ether oxygens (including phenoxy) is 1. The average molecular weight is 320 g/mol. The van der Waals surface area contributed by atoms with Gasteiger partial charge in [-0.15, -0.1) is 0 Å². The zero-order valence-electron chi connectivity index (χ0n) is 14.8. The van der Waals surface area contributed by atoms with Gasteiger partial charge in [0.05, 0.1) is 12.3 Å². The van der Waals surface area contributed by atoms with E-state index in [-0.39, 0.29) is 6.09 Å². The van der Waals surface area contributed by atoms with Gasteiger partial charge in [-0.25, -0.2) is 4.79 Å². The zero-order valence-corrected chi connectivity index (χ0v) is 14.8. The van der Waals surface area contributed by atoms with Gasteiger partial charge >= 0.3 is 6.09 Å². The van der Waals surface area contributed by atoms with Gasteiger partial charge in [-0.05, 0) is 44.2 Å². The third-order valence-electron chi connectivity index (χ3n) is 3.47. The number of fused-ring (bicyclic) bond motifs is 1. The SMILES string of the molecule is CC(C)CONCc1cccc2c1N(C(=O)OC(C)(C)C)CC2. The largest absolute Gasteiger partial charge is 0.443 e. The van der Waals surface area contributed by atoms with Gasteiger partial charge < -0.3 is 9.57 Å². The summed E-state index contributed by atoms with van der Waals surface area (Å²) in [5, 5.41) is 0. The number of para-hydroxylation sites is 1. The van der Waals surface area contributed by atoms with Crippen molar-refractivity contribution in [1.82, 2.24) is 5.48 Å². The second kappa shape index (κ2) is 7.32. The molecule has 2 rings (SSSR count). The molecule has 1 heterocycles. The predicted molar refractivity (Wildman–Crippen MR) is 91.4 cm³/mol. The fourth-order valence-corrected chi connectivity index (χ4v) is 2.53. The lowest BCUT2D eigenvalue weighted by molar-refractivity contribution is 0.0196. The predicted octanol–water partition coefficient (Wildman–Crippen LogP) is 3.66. The Kier molecular flexibility index (Phi) is 5.65. The molecule has 0 fully saturated rings.